The molecule has 0 spiro atoms. The highest BCUT2D eigenvalue weighted by atomic mass is 16.5. The summed E-state index contributed by atoms with van der Waals surface area (Å²) in [4.78, 5) is 8.84. The fourth-order valence-corrected chi connectivity index (χ4v) is 2.15. The first-order valence-corrected chi connectivity index (χ1v) is 7.40. The van der Waals surface area contributed by atoms with Crippen molar-refractivity contribution < 1.29 is 4.74 Å². The number of nitrogens with zero attached hydrogens (tertiary/aromatic N) is 2. The summed E-state index contributed by atoms with van der Waals surface area (Å²) in [6.45, 7) is 10.4. The average molecular weight is 265 g/mol. The summed E-state index contributed by atoms with van der Waals surface area (Å²) in [5, 5.41) is 3.54. The van der Waals surface area contributed by atoms with E-state index in [2.05, 4.69) is 43.0 Å². The Labute approximate surface area is 117 Å². The first kappa shape index (κ1) is 15.9. The Hall–Kier alpha value is -1.16. The minimum atomic E-state index is 0.379. The fraction of sp³-hybridized carbons (Fsp3) is 0.733. The van der Waals surface area contributed by atoms with Crippen LogP contribution in [-0.2, 0) is 0 Å². The lowest BCUT2D eigenvalue weighted by atomic mass is 9.95. The molecule has 4 nitrogen and oxygen atoms in total. The second-order valence-corrected chi connectivity index (χ2v) is 4.89. The van der Waals surface area contributed by atoms with Crippen LogP contribution >= 0.6 is 0 Å². The molecule has 0 aliphatic rings. The normalized spacial score (nSPS) is 14.1. The van der Waals surface area contributed by atoms with Gasteiger partial charge in [0.25, 0.3) is 0 Å². The molecule has 0 aliphatic heterocycles. The van der Waals surface area contributed by atoms with Gasteiger partial charge in [-0.3, -0.25) is 4.98 Å². The monoisotopic (exact) mass is 265 g/mol. The van der Waals surface area contributed by atoms with Crippen LogP contribution in [0.3, 0.4) is 0 Å². The Morgan fingerprint density at radius 3 is 2.63 bits per heavy atom. The molecule has 0 amide bonds. The zero-order valence-electron chi connectivity index (χ0n) is 12.6. The molecule has 0 saturated carbocycles. The number of ether oxygens (including phenoxy) is 1. The average Bonchev–Trinajstić information content (AvgIpc) is 2.44. The maximum atomic E-state index is 5.56. The van der Waals surface area contributed by atoms with Gasteiger partial charge in [-0.25, -0.2) is 4.98 Å². The van der Waals surface area contributed by atoms with E-state index in [9.17, 15) is 0 Å². The molecule has 1 N–H and O–H groups in total. The van der Waals surface area contributed by atoms with E-state index in [4.69, 9.17) is 4.74 Å². The van der Waals surface area contributed by atoms with Crippen molar-refractivity contribution in [2.45, 2.75) is 58.9 Å². The predicted octanol–water partition coefficient (Wildman–Crippen LogP) is 3.15. The first-order valence-electron chi connectivity index (χ1n) is 7.40. The molecular formula is C15H27N3O. The minimum absolute atomic E-state index is 0.379. The summed E-state index contributed by atoms with van der Waals surface area (Å²) in [7, 11) is 0. The second-order valence-electron chi connectivity index (χ2n) is 4.89. The van der Waals surface area contributed by atoms with Crippen LogP contribution in [0.1, 0.15) is 58.6 Å². The van der Waals surface area contributed by atoms with Gasteiger partial charge in [-0.1, -0.05) is 20.8 Å². The van der Waals surface area contributed by atoms with Gasteiger partial charge in [-0.15, -0.1) is 0 Å². The van der Waals surface area contributed by atoms with Gasteiger partial charge in [-0.05, 0) is 32.7 Å². The summed E-state index contributed by atoms with van der Waals surface area (Å²) in [5.41, 5.74) is 1.02. The number of hydrogen-bond donors (Lipinski definition) is 1. The van der Waals surface area contributed by atoms with E-state index < -0.39 is 0 Å². The smallest absolute Gasteiger partial charge is 0.232 e. The number of rotatable bonds is 9. The van der Waals surface area contributed by atoms with Crippen molar-refractivity contribution in [3.8, 4) is 5.88 Å². The van der Waals surface area contributed by atoms with E-state index in [0.717, 1.165) is 31.5 Å². The third kappa shape index (κ3) is 5.15. The largest absolute Gasteiger partial charge is 0.477 e. The van der Waals surface area contributed by atoms with E-state index in [0.29, 0.717) is 24.4 Å². The third-order valence-corrected chi connectivity index (χ3v) is 3.22. The van der Waals surface area contributed by atoms with E-state index in [-0.39, 0.29) is 0 Å². The van der Waals surface area contributed by atoms with E-state index >= 15 is 0 Å². The Bertz CT molecular complexity index is 357. The van der Waals surface area contributed by atoms with Crippen molar-refractivity contribution in [1.29, 1.82) is 0 Å². The number of hydrogen-bond acceptors (Lipinski definition) is 4. The topological polar surface area (TPSA) is 47.0 Å². The van der Waals surface area contributed by atoms with Gasteiger partial charge in [0.15, 0.2) is 0 Å². The summed E-state index contributed by atoms with van der Waals surface area (Å²) in [6, 6.07) is 0.403. The predicted molar refractivity (Wildman–Crippen MR) is 78.6 cm³/mol. The maximum absolute atomic E-state index is 5.56. The Kier molecular flexibility index (Phi) is 7.41. The molecular weight excluding hydrogens is 238 g/mol. The third-order valence-electron chi connectivity index (χ3n) is 3.22. The van der Waals surface area contributed by atoms with Gasteiger partial charge < -0.3 is 10.1 Å². The molecule has 0 fully saturated rings. The SMILES string of the molecule is CCCNC(C)C(CC)c1cncc(OCCC)n1. The molecule has 1 rings (SSSR count). The molecule has 0 saturated heterocycles. The standard InChI is InChI=1S/C15H27N3O/c1-5-8-17-12(4)13(7-3)14-10-16-11-15(18-14)19-9-6-2/h10-13,17H,5-9H2,1-4H3. The molecule has 0 aromatic carbocycles. The molecule has 4 heteroatoms. The highest BCUT2D eigenvalue weighted by Gasteiger charge is 2.19. The van der Waals surface area contributed by atoms with Crippen LogP contribution < -0.4 is 10.1 Å². The van der Waals surface area contributed by atoms with Crippen molar-refractivity contribution in [3.05, 3.63) is 18.1 Å². The molecule has 0 aliphatic carbocycles. The summed E-state index contributed by atoms with van der Waals surface area (Å²) in [6.07, 6.45) is 6.72. The van der Waals surface area contributed by atoms with E-state index in [1.165, 1.54) is 0 Å². The molecule has 2 unspecified atom stereocenters. The van der Waals surface area contributed by atoms with E-state index in [1.54, 1.807) is 6.20 Å². The zero-order chi connectivity index (χ0) is 14.1. The van der Waals surface area contributed by atoms with Gasteiger partial charge in [-0.2, -0.15) is 0 Å². The molecule has 1 heterocycles. The Balaban J connectivity index is 2.73. The van der Waals surface area contributed by atoms with Crippen molar-refractivity contribution in [2.75, 3.05) is 13.2 Å². The molecule has 0 bridgehead atoms. The highest BCUT2D eigenvalue weighted by Crippen LogP contribution is 2.22. The lowest BCUT2D eigenvalue weighted by molar-refractivity contribution is 0.301. The van der Waals surface area contributed by atoms with Crippen molar-refractivity contribution in [1.82, 2.24) is 15.3 Å². The van der Waals surface area contributed by atoms with Gasteiger partial charge in [0.2, 0.25) is 5.88 Å². The van der Waals surface area contributed by atoms with Gasteiger partial charge in [0, 0.05) is 18.2 Å². The van der Waals surface area contributed by atoms with Crippen LogP contribution in [0.4, 0.5) is 0 Å². The lowest BCUT2D eigenvalue weighted by Gasteiger charge is -2.23. The second kappa shape index (κ2) is 8.86. The van der Waals surface area contributed by atoms with Crippen LogP contribution in [0.5, 0.6) is 5.88 Å². The van der Waals surface area contributed by atoms with Crippen molar-refractivity contribution in [2.24, 2.45) is 0 Å². The van der Waals surface area contributed by atoms with Crippen molar-refractivity contribution >= 4 is 0 Å². The molecule has 1 aromatic heterocycles. The van der Waals surface area contributed by atoms with Crippen LogP contribution in [0.15, 0.2) is 12.4 Å². The molecule has 19 heavy (non-hydrogen) atoms. The van der Waals surface area contributed by atoms with E-state index in [1.807, 2.05) is 6.20 Å². The highest BCUT2D eigenvalue weighted by molar-refractivity contribution is 5.13. The summed E-state index contributed by atoms with van der Waals surface area (Å²) < 4.78 is 5.56. The first-order chi connectivity index (χ1) is 9.22. The van der Waals surface area contributed by atoms with Crippen LogP contribution in [0.2, 0.25) is 0 Å². The van der Waals surface area contributed by atoms with Gasteiger partial charge >= 0.3 is 0 Å². The number of nitrogens with one attached hydrogen (secondary N) is 1. The van der Waals surface area contributed by atoms with Gasteiger partial charge in [0.1, 0.15) is 0 Å². The van der Waals surface area contributed by atoms with Crippen LogP contribution in [-0.4, -0.2) is 29.2 Å². The Morgan fingerprint density at radius 1 is 1.21 bits per heavy atom. The zero-order valence-corrected chi connectivity index (χ0v) is 12.6. The molecule has 0 radical (unpaired) electrons. The fourth-order valence-electron chi connectivity index (χ4n) is 2.15. The maximum Gasteiger partial charge on any atom is 0.232 e. The molecule has 1 aromatic rings. The summed E-state index contributed by atoms with van der Waals surface area (Å²) in [5.74, 6) is 1.02. The number of aromatic nitrogens is 2. The van der Waals surface area contributed by atoms with Crippen LogP contribution in [0.25, 0.3) is 0 Å². The molecule has 108 valence electrons. The van der Waals surface area contributed by atoms with Crippen molar-refractivity contribution in [3.63, 3.8) is 0 Å². The Morgan fingerprint density at radius 2 is 2.00 bits per heavy atom. The van der Waals surface area contributed by atoms with Gasteiger partial charge in [0.05, 0.1) is 18.5 Å². The minimum Gasteiger partial charge on any atom is -0.477 e. The van der Waals surface area contributed by atoms with Crippen LogP contribution in [0, 0.1) is 0 Å². The lowest BCUT2D eigenvalue weighted by Crippen LogP contribution is -2.33. The molecule has 2 atom stereocenters. The quantitative estimate of drug-likeness (QED) is 0.745. The summed E-state index contributed by atoms with van der Waals surface area (Å²) >= 11 is 0.